The first-order valence-electron chi connectivity index (χ1n) is 11.4. The number of benzene rings is 1. The predicted molar refractivity (Wildman–Crippen MR) is 131 cm³/mol. The monoisotopic (exact) mass is 474 g/mol. The highest BCUT2D eigenvalue weighted by molar-refractivity contribution is 5.94. The number of hydrogen-bond donors (Lipinski definition) is 3. The highest BCUT2D eigenvalue weighted by atomic mass is 16.6. The van der Waals surface area contributed by atoms with Crippen LogP contribution in [0, 0.1) is 6.92 Å². The largest absolute Gasteiger partial charge is 0.444 e. The van der Waals surface area contributed by atoms with Gasteiger partial charge in [-0.1, -0.05) is 49.2 Å². The molecule has 0 aliphatic rings. The van der Waals surface area contributed by atoms with Crippen molar-refractivity contribution in [3.63, 3.8) is 0 Å². The van der Waals surface area contributed by atoms with Crippen LogP contribution in [-0.4, -0.2) is 53.4 Å². The number of alkyl carbamates (subject to hydrolysis) is 1. The van der Waals surface area contributed by atoms with Gasteiger partial charge in [0, 0.05) is 13.1 Å². The fraction of sp³-hybridized carbons (Fsp3) is 0.520. The van der Waals surface area contributed by atoms with Gasteiger partial charge >= 0.3 is 6.09 Å². The summed E-state index contributed by atoms with van der Waals surface area (Å²) < 4.78 is 5.24. The van der Waals surface area contributed by atoms with Crippen LogP contribution in [0.4, 0.5) is 4.79 Å². The first kappa shape index (κ1) is 28.7. The third kappa shape index (κ3) is 9.64. The van der Waals surface area contributed by atoms with Crippen LogP contribution in [-0.2, 0) is 19.1 Å². The van der Waals surface area contributed by atoms with Gasteiger partial charge < -0.3 is 26.0 Å². The van der Waals surface area contributed by atoms with E-state index in [1.807, 2.05) is 26.0 Å². The Morgan fingerprint density at radius 1 is 1.18 bits per heavy atom. The zero-order valence-corrected chi connectivity index (χ0v) is 20.8. The molecule has 0 bridgehead atoms. The summed E-state index contributed by atoms with van der Waals surface area (Å²) in [5, 5.41) is 5.30. The Morgan fingerprint density at radius 3 is 2.29 bits per heavy atom. The van der Waals surface area contributed by atoms with Crippen molar-refractivity contribution in [2.75, 3.05) is 13.1 Å². The molecule has 2 unspecified atom stereocenters. The van der Waals surface area contributed by atoms with Gasteiger partial charge in [-0.2, -0.15) is 0 Å². The second-order valence-electron chi connectivity index (χ2n) is 9.11. The van der Waals surface area contributed by atoms with Crippen LogP contribution < -0.4 is 16.4 Å². The highest BCUT2D eigenvalue weighted by Gasteiger charge is 2.36. The van der Waals surface area contributed by atoms with Crippen molar-refractivity contribution in [1.29, 1.82) is 0 Å². The lowest BCUT2D eigenvalue weighted by Gasteiger charge is -2.33. The quantitative estimate of drug-likeness (QED) is 0.317. The Hall–Kier alpha value is -3.36. The highest BCUT2D eigenvalue weighted by Crippen LogP contribution is 2.24. The van der Waals surface area contributed by atoms with E-state index >= 15 is 0 Å². The molecule has 1 aromatic rings. The first-order chi connectivity index (χ1) is 15.9. The average molecular weight is 475 g/mol. The van der Waals surface area contributed by atoms with Gasteiger partial charge in [-0.3, -0.25) is 14.4 Å². The van der Waals surface area contributed by atoms with E-state index < -0.39 is 42.0 Å². The van der Waals surface area contributed by atoms with Gasteiger partial charge in [-0.15, -0.1) is 6.58 Å². The summed E-state index contributed by atoms with van der Waals surface area (Å²) in [4.78, 5) is 52.2. The Bertz CT molecular complexity index is 861. The van der Waals surface area contributed by atoms with Crippen molar-refractivity contribution in [2.24, 2.45) is 5.73 Å². The van der Waals surface area contributed by atoms with Crippen LogP contribution in [0.2, 0.25) is 0 Å². The van der Waals surface area contributed by atoms with Gasteiger partial charge in [-0.25, -0.2) is 4.79 Å². The molecule has 4 N–H and O–H groups in total. The molecule has 0 spiro atoms. The molecule has 4 amide bonds. The van der Waals surface area contributed by atoms with Gasteiger partial charge in [0.15, 0.2) is 0 Å². The van der Waals surface area contributed by atoms with E-state index in [1.54, 1.807) is 32.9 Å². The number of hydrogen-bond acceptors (Lipinski definition) is 5. The zero-order chi connectivity index (χ0) is 25.9. The van der Waals surface area contributed by atoms with Crippen LogP contribution in [0.15, 0.2) is 36.9 Å². The number of primary amides is 1. The summed E-state index contributed by atoms with van der Waals surface area (Å²) in [6.45, 7) is 13.1. The third-order valence-corrected chi connectivity index (χ3v) is 4.79. The van der Waals surface area contributed by atoms with Crippen LogP contribution in [0.3, 0.4) is 0 Å². The molecule has 188 valence electrons. The Balaban J connectivity index is 3.37. The molecule has 1 rings (SSSR count). The molecular weight excluding hydrogens is 436 g/mol. The lowest BCUT2D eigenvalue weighted by Crippen LogP contribution is -2.54. The van der Waals surface area contributed by atoms with Crippen molar-refractivity contribution in [1.82, 2.24) is 15.5 Å². The normalized spacial score (nSPS) is 12.7. The van der Waals surface area contributed by atoms with E-state index in [2.05, 4.69) is 17.2 Å². The summed E-state index contributed by atoms with van der Waals surface area (Å²) in [5.74, 6) is -1.81. The fourth-order valence-corrected chi connectivity index (χ4v) is 3.22. The molecular formula is C25H38N4O5. The van der Waals surface area contributed by atoms with Gasteiger partial charge in [0.1, 0.15) is 17.7 Å². The second kappa shape index (κ2) is 13.4. The number of carbonyl (C=O) groups is 4. The number of nitrogens with two attached hydrogens (primary N) is 1. The predicted octanol–water partition coefficient (Wildman–Crippen LogP) is 2.74. The second-order valence-corrected chi connectivity index (χ2v) is 9.11. The number of unbranched alkanes of at least 4 members (excludes halogenated alkanes) is 1. The minimum absolute atomic E-state index is 0.00380. The molecule has 1 aromatic carbocycles. The zero-order valence-electron chi connectivity index (χ0n) is 20.8. The summed E-state index contributed by atoms with van der Waals surface area (Å²) in [6.07, 6.45) is 1.83. The van der Waals surface area contributed by atoms with Crippen molar-refractivity contribution in [3.8, 4) is 0 Å². The first-order valence-corrected chi connectivity index (χ1v) is 11.4. The number of aryl methyl sites for hydroxylation is 1. The molecule has 2 atom stereocenters. The van der Waals surface area contributed by atoms with Gasteiger partial charge in [0.2, 0.25) is 17.7 Å². The average Bonchev–Trinajstić information content (AvgIpc) is 2.72. The van der Waals surface area contributed by atoms with Crippen molar-refractivity contribution in [3.05, 3.63) is 48.0 Å². The van der Waals surface area contributed by atoms with Crippen LogP contribution in [0.1, 0.15) is 64.1 Å². The lowest BCUT2D eigenvalue weighted by molar-refractivity contribution is -0.142. The number of carbonyl (C=O) groups excluding carboxylic acids is 4. The summed E-state index contributed by atoms with van der Waals surface area (Å²) in [7, 11) is 0. The SMILES string of the molecule is C=CCN(C(=O)C(CC(N)=O)NC(=O)OC(C)(C)C)C(C(=O)NCCCC)c1ccc(C)cc1. The molecule has 0 aromatic heterocycles. The fourth-order valence-electron chi connectivity index (χ4n) is 3.22. The van der Waals surface area contributed by atoms with E-state index in [4.69, 9.17) is 10.5 Å². The van der Waals surface area contributed by atoms with Crippen molar-refractivity contribution < 1.29 is 23.9 Å². The third-order valence-electron chi connectivity index (χ3n) is 4.79. The number of nitrogens with one attached hydrogen (secondary N) is 2. The summed E-state index contributed by atoms with van der Waals surface area (Å²) >= 11 is 0. The molecule has 0 aliphatic carbocycles. The van der Waals surface area contributed by atoms with Gasteiger partial charge in [0.25, 0.3) is 0 Å². The number of rotatable bonds is 12. The van der Waals surface area contributed by atoms with Crippen molar-refractivity contribution >= 4 is 23.8 Å². The van der Waals surface area contributed by atoms with Gasteiger partial charge in [-0.05, 0) is 39.7 Å². The van der Waals surface area contributed by atoms with Crippen molar-refractivity contribution in [2.45, 2.75) is 71.6 Å². The van der Waals surface area contributed by atoms with E-state index in [1.165, 1.54) is 11.0 Å². The Kier molecular flexibility index (Phi) is 11.3. The summed E-state index contributed by atoms with van der Waals surface area (Å²) in [5.41, 5.74) is 6.12. The molecule has 34 heavy (non-hydrogen) atoms. The number of ether oxygens (including phenoxy) is 1. The minimum atomic E-state index is -1.32. The number of nitrogens with zero attached hydrogens (tertiary/aromatic N) is 1. The molecule has 0 saturated heterocycles. The number of amides is 4. The van der Waals surface area contributed by atoms with E-state index in [9.17, 15) is 19.2 Å². The summed E-state index contributed by atoms with van der Waals surface area (Å²) in [6, 6.07) is 4.92. The molecule has 0 aliphatic heterocycles. The maximum Gasteiger partial charge on any atom is 0.408 e. The lowest BCUT2D eigenvalue weighted by atomic mass is 10.0. The molecule has 0 fully saturated rings. The van der Waals surface area contributed by atoms with Crippen LogP contribution in [0.25, 0.3) is 0 Å². The van der Waals surface area contributed by atoms with E-state index in [0.717, 1.165) is 18.4 Å². The molecule has 0 saturated carbocycles. The molecule has 0 radical (unpaired) electrons. The Labute approximate surface area is 202 Å². The smallest absolute Gasteiger partial charge is 0.408 e. The topological polar surface area (TPSA) is 131 Å². The molecule has 9 heteroatoms. The minimum Gasteiger partial charge on any atom is -0.444 e. The standard InChI is InChI=1S/C25H38N4O5/c1-7-9-14-27-22(31)21(18-12-10-17(3)11-13-18)29(15-8-2)23(32)19(16-20(26)30)28-24(33)34-25(4,5)6/h8,10-13,19,21H,2,7,9,14-16H2,1,3-6H3,(H2,26,30)(H,27,31)(H,28,33). The van der Waals surface area contributed by atoms with Crippen LogP contribution >= 0.6 is 0 Å². The maximum atomic E-state index is 13.6. The van der Waals surface area contributed by atoms with E-state index in [-0.39, 0.29) is 12.5 Å². The Morgan fingerprint density at radius 2 is 1.79 bits per heavy atom. The van der Waals surface area contributed by atoms with Crippen LogP contribution in [0.5, 0.6) is 0 Å². The van der Waals surface area contributed by atoms with E-state index in [0.29, 0.717) is 12.1 Å². The molecule has 9 nitrogen and oxygen atoms in total. The molecule has 0 heterocycles. The maximum absolute atomic E-state index is 13.6. The van der Waals surface area contributed by atoms with Gasteiger partial charge in [0.05, 0.1) is 6.42 Å².